The molecule has 5 nitrogen and oxygen atoms in total. The molecule has 0 bridgehead atoms. The van der Waals surface area contributed by atoms with Gasteiger partial charge in [0.05, 0.1) is 24.8 Å². The van der Waals surface area contributed by atoms with Crippen molar-refractivity contribution >= 4 is 22.4 Å². The number of rotatable bonds is 3. The summed E-state index contributed by atoms with van der Waals surface area (Å²) in [6, 6.07) is 0.150. The minimum absolute atomic E-state index is 0.0131. The number of hydrogen-bond acceptors (Lipinski definition) is 5. The van der Waals surface area contributed by atoms with Crippen molar-refractivity contribution < 1.29 is 9.53 Å². The molecule has 1 unspecified atom stereocenters. The third kappa shape index (κ3) is 3.18. The maximum Gasteiger partial charge on any atom is 0.226 e. The molecule has 3 N–H and O–H groups in total. The van der Waals surface area contributed by atoms with Crippen LogP contribution in [0.5, 0.6) is 0 Å². The topological polar surface area (TPSA) is 77.2 Å². The second-order valence-electron chi connectivity index (χ2n) is 3.84. The van der Waals surface area contributed by atoms with Crippen LogP contribution in [0, 0.1) is 0 Å². The molecule has 1 aliphatic rings. The van der Waals surface area contributed by atoms with Crippen molar-refractivity contribution in [1.82, 2.24) is 10.3 Å². The third-order valence-electron chi connectivity index (χ3n) is 2.44. The number of nitrogens with zero attached hydrogens (tertiary/aromatic N) is 1. The molecule has 0 spiro atoms. The molecule has 0 aliphatic carbocycles. The van der Waals surface area contributed by atoms with E-state index in [1.165, 1.54) is 11.3 Å². The predicted molar refractivity (Wildman–Crippen MR) is 62.2 cm³/mol. The van der Waals surface area contributed by atoms with Crippen LogP contribution < -0.4 is 11.1 Å². The van der Waals surface area contributed by atoms with Gasteiger partial charge in [-0.05, 0) is 12.8 Å². The van der Waals surface area contributed by atoms with Crippen LogP contribution in [-0.2, 0) is 16.0 Å². The summed E-state index contributed by atoms with van der Waals surface area (Å²) in [6.07, 6.45) is 2.30. The number of ether oxygens (including phenoxy) is 1. The lowest BCUT2D eigenvalue weighted by Gasteiger charge is -2.22. The number of carbonyl (C=O) groups is 1. The first-order valence-corrected chi connectivity index (χ1v) is 6.19. The maximum absolute atomic E-state index is 11.6. The van der Waals surface area contributed by atoms with Gasteiger partial charge in [-0.15, -0.1) is 11.3 Å². The second kappa shape index (κ2) is 5.27. The number of nitrogens with two attached hydrogens (primary N) is 1. The van der Waals surface area contributed by atoms with Crippen LogP contribution in [0.25, 0.3) is 0 Å². The highest BCUT2D eigenvalue weighted by molar-refractivity contribution is 7.13. The van der Waals surface area contributed by atoms with Crippen LogP contribution in [0.4, 0.5) is 5.13 Å². The number of aromatic nitrogens is 1. The average Bonchev–Trinajstić information content (AvgIpc) is 2.65. The van der Waals surface area contributed by atoms with Gasteiger partial charge in [-0.1, -0.05) is 0 Å². The van der Waals surface area contributed by atoms with Crippen molar-refractivity contribution in [2.45, 2.75) is 25.3 Å². The predicted octanol–water partition coefficient (Wildman–Crippen LogP) is 0.563. The van der Waals surface area contributed by atoms with Gasteiger partial charge in [0.2, 0.25) is 5.91 Å². The molecule has 1 aliphatic heterocycles. The highest BCUT2D eigenvalue weighted by Crippen LogP contribution is 2.12. The van der Waals surface area contributed by atoms with E-state index in [9.17, 15) is 4.79 Å². The van der Waals surface area contributed by atoms with Crippen molar-refractivity contribution in [1.29, 1.82) is 0 Å². The Bertz CT molecular complexity index is 361. The third-order valence-corrected chi connectivity index (χ3v) is 3.16. The van der Waals surface area contributed by atoms with E-state index in [0.717, 1.165) is 25.1 Å². The van der Waals surface area contributed by atoms with Gasteiger partial charge in [0.25, 0.3) is 0 Å². The Hall–Kier alpha value is -1.14. The molecule has 1 atom stereocenters. The number of thiazole rings is 1. The van der Waals surface area contributed by atoms with Crippen molar-refractivity contribution in [3.8, 4) is 0 Å². The van der Waals surface area contributed by atoms with Gasteiger partial charge < -0.3 is 15.8 Å². The largest absolute Gasteiger partial charge is 0.379 e. The molecule has 0 saturated carbocycles. The lowest BCUT2D eigenvalue weighted by Crippen LogP contribution is -2.41. The second-order valence-corrected chi connectivity index (χ2v) is 4.73. The number of nitrogens with one attached hydrogen (secondary N) is 1. The molecule has 2 rings (SSSR count). The summed E-state index contributed by atoms with van der Waals surface area (Å²) < 4.78 is 5.29. The quantitative estimate of drug-likeness (QED) is 0.810. The van der Waals surface area contributed by atoms with Crippen molar-refractivity contribution in [2.75, 3.05) is 18.9 Å². The Morgan fingerprint density at radius 1 is 1.75 bits per heavy atom. The molecule has 1 aromatic rings. The average molecular weight is 241 g/mol. The Morgan fingerprint density at radius 2 is 2.62 bits per heavy atom. The lowest BCUT2D eigenvalue weighted by atomic mass is 10.1. The van der Waals surface area contributed by atoms with Gasteiger partial charge in [0.1, 0.15) is 0 Å². The fourth-order valence-corrected chi connectivity index (χ4v) is 2.26. The molecule has 1 aromatic heterocycles. The van der Waals surface area contributed by atoms with Crippen LogP contribution >= 0.6 is 11.3 Å². The Balaban J connectivity index is 1.79. The van der Waals surface area contributed by atoms with Gasteiger partial charge in [0.15, 0.2) is 5.13 Å². The lowest BCUT2D eigenvalue weighted by molar-refractivity contribution is -0.122. The number of hydrogen-bond donors (Lipinski definition) is 2. The minimum atomic E-state index is -0.0131. The molecule has 1 saturated heterocycles. The Kier molecular flexibility index (Phi) is 3.74. The standard InChI is InChI=1S/C10H15N3O2S/c11-10-13-8(6-16-10)4-9(14)12-7-2-1-3-15-5-7/h6-7H,1-5H2,(H2,11,13)(H,12,14). The Labute approximate surface area is 98.0 Å². The summed E-state index contributed by atoms with van der Waals surface area (Å²) in [7, 11) is 0. The zero-order valence-electron chi connectivity index (χ0n) is 8.94. The highest BCUT2D eigenvalue weighted by atomic mass is 32.1. The molecule has 16 heavy (non-hydrogen) atoms. The molecular weight excluding hydrogens is 226 g/mol. The van der Waals surface area contributed by atoms with Gasteiger partial charge in [-0.25, -0.2) is 4.98 Å². The van der Waals surface area contributed by atoms with Gasteiger partial charge in [-0.3, -0.25) is 4.79 Å². The summed E-state index contributed by atoms with van der Waals surface area (Å²) in [5, 5.41) is 5.25. The van der Waals surface area contributed by atoms with E-state index >= 15 is 0 Å². The molecule has 0 aromatic carbocycles. The first kappa shape index (κ1) is 11.3. The molecule has 2 heterocycles. The van der Waals surface area contributed by atoms with E-state index in [0.29, 0.717) is 18.2 Å². The summed E-state index contributed by atoms with van der Waals surface area (Å²) in [6.45, 7) is 1.42. The van der Waals surface area contributed by atoms with Crippen molar-refractivity contribution in [3.05, 3.63) is 11.1 Å². The fourth-order valence-electron chi connectivity index (χ4n) is 1.70. The zero-order chi connectivity index (χ0) is 11.4. The van der Waals surface area contributed by atoms with Gasteiger partial charge in [-0.2, -0.15) is 0 Å². The molecule has 0 radical (unpaired) electrons. The first-order valence-electron chi connectivity index (χ1n) is 5.31. The van der Waals surface area contributed by atoms with Crippen LogP contribution in [-0.4, -0.2) is 30.1 Å². The van der Waals surface area contributed by atoms with Gasteiger partial charge in [0, 0.05) is 12.0 Å². The van der Waals surface area contributed by atoms with E-state index in [2.05, 4.69) is 10.3 Å². The number of carbonyl (C=O) groups excluding carboxylic acids is 1. The summed E-state index contributed by atoms with van der Waals surface area (Å²) >= 11 is 1.35. The van der Waals surface area contributed by atoms with E-state index in [4.69, 9.17) is 10.5 Å². The van der Waals surface area contributed by atoms with Crippen LogP contribution in [0.2, 0.25) is 0 Å². The van der Waals surface area contributed by atoms with E-state index < -0.39 is 0 Å². The first-order chi connectivity index (χ1) is 7.74. The normalized spacial score (nSPS) is 20.6. The summed E-state index contributed by atoms with van der Waals surface area (Å²) in [4.78, 5) is 15.7. The SMILES string of the molecule is Nc1nc(CC(=O)NC2CCCOC2)cs1. The number of anilines is 1. The Morgan fingerprint density at radius 3 is 3.25 bits per heavy atom. The molecule has 88 valence electrons. The molecule has 6 heteroatoms. The van der Waals surface area contributed by atoms with Crippen LogP contribution in [0.15, 0.2) is 5.38 Å². The van der Waals surface area contributed by atoms with Crippen LogP contribution in [0.3, 0.4) is 0 Å². The minimum Gasteiger partial charge on any atom is -0.379 e. The van der Waals surface area contributed by atoms with E-state index in [1.54, 1.807) is 0 Å². The highest BCUT2D eigenvalue weighted by Gasteiger charge is 2.16. The number of amides is 1. The number of nitrogen functional groups attached to an aromatic ring is 1. The van der Waals surface area contributed by atoms with E-state index in [1.807, 2.05) is 5.38 Å². The molecule has 1 amide bonds. The smallest absolute Gasteiger partial charge is 0.226 e. The summed E-state index contributed by atoms with van der Waals surface area (Å²) in [5.41, 5.74) is 6.23. The zero-order valence-corrected chi connectivity index (χ0v) is 9.76. The van der Waals surface area contributed by atoms with E-state index in [-0.39, 0.29) is 11.9 Å². The van der Waals surface area contributed by atoms with Crippen LogP contribution in [0.1, 0.15) is 18.5 Å². The monoisotopic (exact) mass is 241 g/mol. The fraction of sp³-hybridized carbons (Fsp3) is 0.600. The van der Waals surface area contributed by atoms with Crippen molar-refractivity contribution in [3.63, 3.8) is 0 Å². The molecule has 1 fully saturated rings. The van der Waals surface area contributed by atoms with Gasteiger partial charge >= 0.3 is 0 Å². The van der Waals surface area contributed by atoms with Crippen molar-refractivity contribution in [2.24, 2.45) is 0 Å². The summed E-state index contributed by atoms with van der Waals surface area (Å²) in [5.74, 6) is -0.0131. The molecular formula is C10H15N3O2S. The maximum atomic E-state index is 11.6.